The van der Waals surface area contributed by atoms with Gasteiger partial charge in [-0.25, -0.2) is 0 Å². The van der Waals surface area contributed by atoms with Gasteiger partial charge in [-0.2, -0.15) is 0 Å². The van der Waals surface area contributed by atoms with Gasteiger partial charge >= 0.3 is 0 Å². The van der Waals surface area contributed by atoms with Crippen LogP contribution < -0.4 is 5.73 Å². The third-order valence-electron chi connectivity index (χ3n) is 2.37. The molecule has 1 saturated heterocycles. The number of likely N-dealkylation sites (tertiary alicyclic amines) is 1. The van der Waals surface area contributed by atoms with E-state index in [0.717, 1.165) is 25.9 Å². The Labute approximate surface area is 80.3 Å². The molecule has 2 N–H and O–H groups in total. The van der Waals surface area contributed by atoms with Crippen LogP contribution >= 0.6 is 0 Å². The van der Waals surface area contributed by atoms with E-state index in [1.54, 1.807) is 0 Å². The second-order valence-electron chi connectivity index (χ2n) is 5.09. The molecule has 0 aromatic rings. The first-order valence-corrected chi connectivity index (χ1v) is 4.93. The van der Waals surface area contributed by atoms with Gasteiger partial charge in [-0.3, -0.25) is 9.69 Å². The number of hydrogen-bond donors (Lipinski definition) is 1. The molecule has 0 bridgehead atoms. The molecule has 1 aliphatic rings. The summed E-state index contributed by atoms with van der Waals surface area (Å²) in [6, 6.07) is -0.0146. The Kier molecular flexibility index (Phi) is 2.96. The van der Waals surface area contributed by atoms with Crippen molar-refractivity contribution < 1.29 is 4.79 Å². The first-order valence-electron chi connectivity index (χ1n) is 4.93. The smallest absolute Gasteiger partial charge is 0.234 e. The van der Waals surface area contributed by atoms with Crippen molar-refractivity contribution in [2.24, 2.45) is 11.1 Å². The molecule has 0 aromatic carbocycles. The summed E-state index contributed by atoms with van der Waals surface area (Å²) in [5, 5.41) is 0. The van der Waals surface area contributed by atoms with Crippen molar-refractivity contribution in [2.75, 3.05) is 13.1 Å². The zero-order chi connectivity index (χ0) is 10.1. The van der Waals surface area contributed by atoms with Crippen molar-refractivity contribution in [3.05, 3.63) is 0 Å². The summed E-state index contributed by atoms with van der Waals surface area (Å²) in [7, 11) is 0. The van der Waals surface area contributed by atoms with Gasteiger partial charge in [0.1, 0.15) is 0 Å². The van der Waals surface area contributed by atoms with E-state index in [-0.39, 0.29) is 17.4 Å². The van der Waals surface area contributed by atoms with Gasteiger partial charge in [-0.1, -0.05) is 20.8 Å². The Morgan fingerprint density at radius 2 is 2.15 bits per heavy atom. The summed E-state index contributed by atoms with van der Waals surface area (Å²) < 4.78 is 0. The van der Waals surface area contributed by atoms with Crippen molar-refractivity contribution in [3.8, 4) is 0 Å². The van der Waals surface area contributed by atoms with Gasteiger partial charge in [0, 0.05) is 6.54 Å². The lowest BCUT2D eigenvalue weighted by molar-refractivity contribution is -0.122. The molecule has 1 rings (SSSR count). The third kappa shape index (κ3) is 2.99. The number of carbonyl (C=O) groups excluding carboxylic acids is 1. The van der Waals surface area contributed by atoms with E-state index >= 15 is 0 Å². The Bertz CT molecular complexity index is 196. The summed E-state index contributed by atoms with van der Waals surface area (Å²) in [5.41, 5.74) is 5.57. The monoisotopic (exact) mass is 186 g/mol. The minimum atomic E-state index is -0.165. The summed E-state index contributed by atoms with van der Waals surface area (Å²) >= 11 is 0. The summed E-state index contributed by atoms with van der Waals surface area (Å²) in [6.07, 6.45) is 2.04. The molecule has 0 aliphatic carbocycles. The molecule has 1 unspecified atom stereocenters. The van der Waals surface area contributed by atoms with Gasteiger partial charge in [0.05, 0.1) is 6.04 Å². The maximum Gasteiger partial charge on any atom is 0.234 e. The van der Waals surface area contributed by atoms with Crippen molar-refractivity contribution in [1.29, 1.82) is 0 Å². The predicted octanol–water partition coefficient (Wildman–Crippen LogP) is 0.982. The number of amides is 1. The Balaban J connectivity index is 2.54. The first-order chi connectivity index (χ1) is 5.90. The lowest BCUT2D eigenvalue weighted by Crippen LogP contribution is -2.43. The van der Waals surface area contributed by atoms with E-state index < -0.39 is 0 Å². The molecule has 0 radical (unpaired) electrons. The third-order valence-corrected chi connectivity index (χ3v) is 2.37. The maximum absolute atomic E-state index is 11.1. The maximum atomic E-state index is 11.1. The Morgan fingerprint density at radius 1 is 1.54 bits per heavy atom. The van der Waals surface area contributed by atoms with Crippen LogP contribution in [-0.2, 0) is 4.79 Å². The molecule has 13 heavy (non-hydrogen) atoms. The Morgan fingerprint density at radius 3 is 2.62 bits per heavy atom. The molecule has 1 fully saturated rings. The van der Waals surface area contributed by atoms with Crippen molar-refractivity contribution in [3.63, 3.8) is 0 Å². The van der Waals surface area contributed by atoms with Crippen LogP contribution in [0.2, 0.25) is 0 Å². The van der Waals surface area contributed by atoms with Crippen LogP contribution in [-0.4, -0.2) is 29.9 Å². The lowest BCUT2D eigenvalue weighted by atomic mass is 10.1. The van der Waals surface area contributed by atoms with Crippen molar-refractivity contribution >= 4 is 5.91 Å². The highest BCUT2D eigenvalue weighted by molar-refractivity contribution is 5.80. The predicted molar refractivity (Wildman–Crippen MR) is 53.2 cm³/mol. The standard InChI is InChI=1S/C10H20N2O/c1-10(2,3)7-12-6-4-5-8(12)9(11)13/h8H,4-7H2,1-3H3,(H2,11,13)/i7+1,12+1. The fraction of sp³-hybridized carbons (Fsp3) is 0.900. The van der Waals surface area contributed by atoms with E-state index in [1.165, 1.54) is 0 Å². The molecule has 1 aliphatic heterocycles. The molecule has 0 saturated carbocycles. The normalized spacial score (nSPS) is 25.0. The van der Waals surface area contributed by atoms with Gasteiger partial charge in [0.2, 0.25) is 5.91 Å². The molecule has 3 heteroatoms. The summed E-state index contributed by atoms with van der Waals surface area (Å²) in [4.78, 5) is 13.3. The second kappa shape index (κ2) is 3.66. The van der Waals surface area contributed by atoms with Crippen LogP contribution in [0.1, 0.15) is 33.6 Å². The lowest BCUT2D eigenvalue weighted by Gasteiger charge is -2.29. The highest BCUT2D eigenvalue weighted by atomic mass is 16.2. The molecule has 1 amide bonds. The van der Waals surface area contributed by atoms with Gasteiger partial charge in [-0.05, 0) is 24.8 Å². The number of rotatable bonds is 2. The number of nitrogens with zero attached hydrogens (tertiary/aromatic N) is 1. The number of hydrogen-bond acceptors (Lipinski definition) is 2. The van der Waals surface area contributed by atoms with Gasteiger partial charge in [0.25, 0.3) is 0 Å². The van der Waals surface area contributed by atoms with Gasteiger partial charge in [0.15, 0.2) is 0 Å². The highest BCUT2D eigenvalue weighted by Crippen LogP contribution is 2.23. The van der Waals surface area contributed by atoms with E-state index in [4.69, 9.17) is 5.73 Å². The van der Waals surface area contributed by atoms with Gasteiger partial charge in [-0.15, -0.1) is 0 Å². The minimum absolute atomic E-state index is 0.0146. The first kappa shape index (κ1) is 10.5. The van der Waals surface area contributed by atoms with E-state index in [9.17, 15) is 4.79 Å². The molecule has 76 valence electrons. The number of carbonyl (C=O) groups is 1. The molecule has 0 aromatic heterocycles. The zero-order valence-electron chi connectivity index (χ0n) is 8.84. The fourth-order valence-electron chi connectivity index (χ4n) is 1.95. The quantitative estimate of drug-likeness (QED) is 0.516. The summed E-state index contributed by atoms with van der Waals surface area (Å²) in [6.45, 7) is 8.53. The van der Waals surface area contributed by atoms with Gasteiger partial charge < -0.3 is 5.73 Å². The van der Waals surface area contributed by atoms with Crippen LogP contribution in [0.3, 0.4) is 0 Å². The zero-order valence-corrected chi connectivity index (χ0v) is 8.84. The van der Waals surface area contributed by atoms with Crippen molar-refractivity contribution in [2.45, 2.75) is 39.7 Å². The second-order valence-corrected chi connectivity index (χ2v) is 5.09. The molecule has 1 atom stereocenters. The number of primary amides is 1. The average Bonchev–Trinajstić information content (AvgIpc) is 2.31. The fourth-order valence-corrected chi connectivity index (χ4v) is 1.95. The molecule has 1 heterocycles. The SMILES string of the molecule is CC(C)(C)[13CH2][15N]1CCCC1C(N)=O. The molecular weight excluding hydrogens is 166 g/mol. The van der Waals surface area contributed by atoms with Crippen molar-refractivity contribution in [1.82, 2.24) is 4.90 Å². The van der Waals surface area contributed by atoms with Crippen LogP contribution in [0, 0.1) is 5.41 Å². The minimum Gasteiger partial charge on any atom is -0.368 e. The van der Waals surface area contributed by atoms with Crippen LogP contribution in [0.25, 0.3) is 0 Å². The average molecular weight is 186 g/mol. The number of nitrogens with two attached hydrogens (primary N) is 1. The largest absolute Gasteiger partial charge is 0.368 e. The van der Waals surface area contributed by atoms with E-state index in [0.29, 0.717) is 0 Å². The van der Waals surface area contributed by atoms with Crippen LogP contribution in [0.5, 0.6) is 0 Å². The summed E-state index contributed by atoms with van der Waals surface area (Å²) in [5.74, 6) is -0.165. The molecule has 3 nitrogen and oxygen atoms in total. The van der Waals surface area contributed by atoms with Crippen LogP contribution in [0.4, 0.5) is 0 Å². The van der Waals surface area contributed by atoms with E-state index in [2.05, 4.69) is 25.7 Å². The Hall–Kier alpha value is -0.570. The molecular formula is C10H20N2O. The molecule has 0 spiro atoms. The van der Waals surface area contributed by atoms with Crippen LogP contribution in [0.15, 0.2) is 0 Å². The highest BCUT2D eigenvalue weighted by Gasteiger charge is 2.31. The van der Waals surface area contributed by atoms with E-state index in [1.807, 2.05) is 0 Å². The topological polar surface area (TPSA) is 46.3 Å².